The zero-order valence-electron chi connectivity index (χ0n) is 12.4. The summed E-state index contributed by atoms with van der Waals surface area (Å²) in [5, 5.41) is 3.90. The minimum absolute atomic E-state index is 0.582. The molecule has 1 fully saturated rings. The van der Waals surface area contributed by atoms with Crippen LogP contribution in [-0.2, 0) is 0 Å². The predicted molar refractivity (Wildman–Crippen MR) is 79.8 cm³/mol. The smallest absolute Gasteiger partial charge is 0.0336 e. The van der Waals surface area contributed by atoms with E-state index in [0.29, 0.717) is 11.5 Å². The van der Waals surface area contributed by atoms with Gasteiger partial charge in [-0.3, -0.25) is 0 Å². The van der Waals surface area contributed by atoms with E-state index in [0.717, 1.165) is 0 Å². The van der Waals surface area contributed by atoms with Crippen LogP contribution in [0.3, 0.4) is 0 Å². The first-order chi connectivity index (χ1) is 8.82. The molecule has 1 nitrogen and oxygen atoms in total. The molecule has 0 radical (unpaired) electrons. The van der Waals surface area contributed by atoms with Crippen LogP contribution < -0.4 is 5.32 Å². The van der Waals surface area contributed by atoms with Crippen LogP contribution in [0, 0.1) is 5.41 Å². The fraction of sp³-hybridized carbons (Fsp3) is 0.882. The van der Waals surface area contributed by atoms with E-state index in [1.807, 2.05) is 0 Å². The summed E-state index contributed by atoms with van der Waals surface area (Å²) in [5.41, 5.74) is 2.33. The number of hydrogen-bond donors (Lipinski definition) is 1. The quantitative estimate of drug-likeness (QED) is 0.665. The first kappa shape index (κ1) is 14.1. The third-order valence-electron chi connectivity index (χ3n) is 5.21. The molecule has 18 heavy (non-hydrogen) atoms. The Labute approximate surface area is 113 Å². The van der Waals surface area contributed by atoms with Crippen LogP contribution in [0.4, 0.5) is 0 Å². The fourth-order valence-corrected chi connectivity index (χ4v) is 4.08. The second kappa shape index (κ2) is 6.75. The summed E-state index contributed by atoms with van der Waals surface area (Å²) in [6.45, 7) is 5.88. The molecule has 1 N–H and O–H groups in total. The average Bonchev–Trinajstić information content (AvgIpc) is 2.90. The van der Waals surface area contributed by atoms with Gasteiger partial charge in [0.25, 0.3) is 0 Å². The monoisotopic (exact) mass is 249 g/mol. The molecular formula is C17H31N. The molecule has 1 heteroatoms. The van der Waals surface area contributed by atoms with Crippen LogP contribution in [0.15, 0.2) is 11.6 Å². The second-order valence-corrected chi connectivity index (χ2v) is 6.33. The van der Waals surface area contributed by atoms with Crippen LogP contribution in [0.2, 0.25) is 0 Å². The van der Waals surface area contributed by atoms with Crippen LogP contribution in [0.25, 0.3) is 0 Å². The fourth-order valence-electron chi connectivity index (χ4n) is 4.08. The number of hydrogen-bond acceptors (Lipinski definition) is 1. The number of allylic oxidation sites excluding steroid dienone is 1. The second-order valence-electron chi connectivity index (χ2n) is 6.33. The van der Waals surface area contributed by atoms with Gasteiger partial charge in [0.2, 0.25) is 0 Å². The molecule has 2 aliphatic rings. The highest BCUT2D eigenvalue weighted by Gasteiger charge is 2.40. The van der Waals surface area contributed by atoms with E-state index in [-0.39, 0.29) is 0 Å². The standard InChI is InChI=1S/C17H31N/c1-3-14-18-16(15-10-6-5-7-11-15)17(4-2)12-8-9-13-17/h10,16,18H,3-9,11-14H2,1-2H3. The maximum absolute atomic E-state index is 3.90. The molecule has 1 saturated carbocycles. The highest BCUT2D eigenvalue weighted by molar-refractivity contribution is 5.19. The van der Waals surface area contributed by atoms with Gasteiger partial charge in [-0.15, -0.1) is 0 Å². The van der Waals surface area contributed by atoms with Crippen molar-refractivity contribution in [1.29, 1.82) is 0 Å². The Balaban J connectivity index is 2.14. The zero-order chi connectivity index (χ0) is 12.8. The summed E-state index contributed by atoms with van der Waals surface area (Å²) in [7, 11) is 0. The van der Waals surface area contributed by atoms with Gasteiger partial charge in [-0.2, -0.15) is 0 Å². The van der Waals surface area contributed by atoms with Crippen molar-refractivity contribution in [3.63, 3.8) is 0 Å². The van der Waals surface area contributed by atoms with Crippen molar-refractivity contribution in [3.8, 4) is 0 Å². The van der Waals surface area contributed by atoms with Gasteiger partial charge in [-0.05, 0) is 63.3 Å². The molecule has 0 amide bonds. The lowest BCUT2D eigenvalue weighted by molar-refractivity contribution is 0.205. The third kappa shape index (κ3) is 2.99. The molecule has 0 spiro atoms. The van der Waals surface area contributed by atoms with Gasteiger partial charge >= 0.3 is 0 Å². The molecule has 0 saturated heterocycles. The highest BCUT2D eigenvalue weighted by atomic mass is 14.9. The van der Waals surface area contributed by atoms with Crippen molar-refractivity contribution in [2.75, 3.05) is 6.54 Å². The topological polar surface area (TPSA) is 12.0 Å². The Hall–Kier alpha value is -0.300. The van der Waals surface area contributed by atoms with Gasteiger partial charge < -0.3 is 5.32 Å². The van der Waals surface area contributed by atoms with E-state index in [2.05, 4.69) is 25.2 Å². The number of nitrogens with one attached hydrogen (secondary N) is 1. The van der Waals surface area contributed by atoms with E-state index < -0.39 is 0 Å². The van der Waals surface area contributed by atoms with Crippen molar-refractivity contribution in [1.82, 2.24) is 5.32 Å². The van der Waals surface area contributed by atoms with Crippen molar-refractivity contribution < 1.29 is 0 Å². The first-order valence-electron chi connectivity index (χ1n) is 8.24. The molecular weight excluding hydrogens is 218 g/mol. The molecule has 104 valence electrons. The SMILES string of the molecule is CCCNC(C1=CCCCC1)C1(CC)CCCC1. The van der Waals surface area contributed by atoms with Crippen molar-refractivity contribution >= 4 is 0 Å². The molecule has 0 bridgehead atoms. The summed E-state index contributed by atoms with van der Waals surface area (Å²) >= 11 is 0. The lowest BCUT2D eigenvalue weighted by Crippen LogP contribution is -2.45. The van der Waals surface area contributed by atoms with Gasteiger partial charge in [-0.1, -0.05) is 38.3 Å². The van der Waals surface area contributed by atoms with Crippen LogP contribution >= 0.6 is 0 Å². The van der Waals surface area contributed by atoms with E-state index in [1.165, 1.54) is 70.8 Å². The molecule has 0 aromatic rings. The van der Waals surface area contributed by atoms with Gasteiger partial charge in [0.15, 0.2) is 0 Å². The lowest BCUT2D eigenvalue weighted by atomic mass is 9.71. The van der Waals surface area contributed by atoms with Crippen molar-refractivity contribution in [2.24, 2.45) is 5.41 Å². The molecule has 2 rings (SSSR count). The van der Waals surface area contributed by atoms with E-state index in [4.69, 9.17) is 0 Å². The Bertz CT molecular complexity index is 273. The van der Waals surface area contributed by atoms with E-state index in [1.54, 1.807) is 5.57 Å². The molecule has 0 heterocycles. The van der Waals surface area contributed by atoms with Crippen LogP contribution in [-0.4, -0.2) is 12.6 Å². The van der Waals surface area contributed by atoms with E-state index in [9.17, 15) is 0 Å². The van der Waals surface area contributed by atoms with Gasteiger partial charge in [0.1, 0.15) is 0 Å². The molecule has 2 aliphatic carbocycles. The Kier molecular flexibility index (Phi) is 5.29. The average molecular weight is 249 g/mol. The van der Waals surface area contributed by atoms with Crippen LogP contribution in [0.1, 0.15) is 78.1 Å². The van der Waals surface area contributed by atoms with Crippen molar-refractivity contribution in [3.05, 3.63) is 11.6 Å². The lowest BCUT2D eigenvalue weighted by Gasteiger charge is -2.40. The van der Waals surface area contributed by atoms with Crippen molar-refractivity contribution in [2.45, 2.75) is 84.1 Å². The largest absolute Gasteiger partial charge is 0.310 e. The van der Waals surface area contributed by atoms with E-state index >= 15 is 0 Å². The summed E-state index contributed by atoms with van der Waals surface area (Å²) in [6, 6.07) is 0.685. The first-order valence-corrected chi connectivity index (χ1v) is 8.24. The normalized spacial score (nSPS) is 24.9. The molecule has 0 aromatic carbocycles. The molecule has 1 unspecified atom stereocenters. The minimum atomic E-state index is 0.582. The predicted octanol–water partition coefficient (Wildman–Crippen LogP) is 4.83. The van der Waals surface area contributed by atoms with Crippen LogP contribution in [0.5, 0.6) is 0 Å². The summed E-state index contributed by atoms with van der Waals surface area (Å²) < 4.78 is 0. The summed E-state index contributed by atoms with van der Waals surface area (Å²) in [6.07, 6.45) is 16.4. The number of rotatable bonds is 6. The minimum Gasteiger partial charge on any atom is -0.310 e. The molecule has 1 atom stereocenters. The maximum Gasteiger partial charge on any atom is 0.0336 e. The Morgan fingerprint density at radius 3 is 2.50 bits per heavy atom. The maximum atomic E-state index is 3.90. The Morgan fingerprint density at radius 1 is 1.17 bits per heavy atom. The Morgan fingerprint density at radius 2 is 1.94 bits per heavy atom. The molecule has 0 aromatic heterocycles. The van der Waals surface area contributed by atoms with Gasteiger partial charge in [0, 0.05) is 6.04 Å². The zero-order valence-corrected chi connectivity index (χ0v) is 12.4. The molecule has 0 aliphatic heterocycles. The van der Waals surface area contributed by atoms with Gasteiger partial charge in [0.05, 0.1) is 0 Å². The summed E-state index contributed by atoms with van der Waals surface area (Å²) in [4.78, 5) is 0. The highest BCUT2D eigenvalue weighted by Crippen LogP contribution is 2.47. The van der Waals surface area contributed by atoms with Gasteiger partial charge in [-0.25, -0.2) is 0 Å². The third-order valence-corrected chi connectivity index (χ3v) is 5.21. The summed E-state index contributed by atoms with van der Waals surface area (Å²) in [5.74, 6) is 0.